The number of hydrogen-bond donors (Lipinski definition) is 3. The molecule has 0 aliphatic heterocycles. The molecule has 0 aromatic heterocycles. The van der Waals surface area contributed by atoms with Crippen LogP contribution in [-0.2, 0) is 16.8 Å². The lowest BCUT2D eigenvalue weighted by molar-refractivity contribution is -0.138. The van der Waals surface area contributed by atoms with Crippen molar-refractivity contribution < 1.29 is 24.1 Å². The van der Waals surface area contributed by atoms with Gasteiger partial charge in [0.2, 0.25) is 15.2 Å². The molecule has 1 radical (unpaired) electrons. The molecule has 21 heavy (non-hydrogen) atoms. The second-order valence-electron chi connectivity index (χ2n) is 5.33. The van der Waals surface area contributed by atoms with Crippen molar-refractivity contribution in [3.05, 3.63) is 23.0 Å². The third-order valence-electron chi connectivity index (χ3n) is 3.27. The van der Waals surface area contributed by atoms with Gasteiger partial charge in [-0.05, 0) is 31.0 Å². The van der Waals surface area contributed by atoms with E-state index in [4.69, 9.17) is 15.6 Å². The average Bonchev–Trinajstić information content (AvgIpc) is 2.37. The van der Waals surface area contributed by atoms with Crippen LogP contribution < -0.4 is 14.9 Å². The van der Waals surface area contributed by atoms with Crippen LogP contribution in [0, 0.1) is 5.82 Å². The molecule has 115 valence electrons. The quantitative estimate of drug-likeness (QED) is 0.661. The summed E-state index contributed by atoms with van der Waals surface area (Å²) in [5, 5.41) is 19.2. The Kier molecular flexibility index (Phi) is 5.77. The Bertz CT molecular complexity index is 543. The fourth-order valence-corrected chi connectivity index (χ4v) is 3.61. The van der Waals surface area contributed by atoms with Crippen LogP contribution >= 0.6 is 0 Å². The summed E-state index contributed by atoms with van der Waals surface area (Å²) in [6.07, 6.45) is -0.0461. The Morgan fingerprint density at radius 2 is 2.14 bits per heavy atom. The lowest BCUT2D eigenvalue weighted by atomic mass is 9.93. The molecule has 4 N–H and O–H groups in total. The molecule has 0 fully saturated rings. The van der Waals surface area contributed by atoms with Crippen LogP contribution in [0.2, 0.25) is 5.79 Å². The Labute approximate surface area is 129 Å². The van der Waals surface area contributed by atoms with E-state index in [1.165, 1.54) is 13.2 Å². The number of nitrogens with two attached hydrogens (primary N) is 1. The molecule has 0 heterocycles. The van der Waals surface area contributed by atoms with Crippen LogP contribution in [0.3, 0.4) is 0 Å². The monoisotopic (exact) mass is 312 g/mol. The third kappa shape index (κ3) is 3.95. The van der Waals surface area contributed by atoms with Crippen molar-refractivity contribution in [2.75, 3.05) is 7.11 Å². The highest BCUT2D eigenvalue weighted by atomic mass is 27.1. The Balaban J connectivity index is 3.56. The minimum atomic E-state index is -1.23. The highest BCUT2D eigenvalue weighted by molar-refractivity contribution is 6.53. The van der Waals surface area contributed by atoms with Gasteiger partial charge in [0.25, 0.3) is 0 Å². The van der Waals surface area contributed by atoms with E-state index in [0.717, 1.165) is 4.43 Å². The molecule has 7 heteroatoms. The molecule has 1 aromatic rings. The molecule has 1 aromatic carbocycles. The minimum Gasteiger partial charge on any atom is -0.493 e. The fourth-order valence-electron chi connectivity index (χ4n) is 2.27. The molecular formula is C14H20AlFNO4. The van der Waals surface area contributed by atoms with Gasteiger partial charge < -0.3 is 20.7 Å². The van der Waals surface area contributed by atoms with E-state index >= 15 is 0 Å². The molecule has 0 bridgehead atoms. The van der Waals surface area contributed by atoms with Crippen molar-refractivity contribution in [1.82, 2.24) is 0 Å². The molecular weight excluding hydrogens is 292 g/mol. The SMILES string of the molecule is COc1c(F)cc(C(C)(C)O)[c]([Al][CH3])c1CC(N)C(=O)O. The number of ether oxygens (including phenoxy) is 1. The minimum absolute atomic E-state index is 0.00375. The third-order valence-corrected chi connectivity index (χ3v) is 4.51. The smallest absolute Gasteiger partial charge is 0.320 e. The van der Waals surface area contributed by atoms with Gasteiger partial charge in [0, 0.05) is 6.42 Å². The first-order valence-corrected chi connectivity index (χ1v) is 8.26. The highest BCUT2D eigenvalue weighted by Gasteiger charge is 2.27. The van der Waals surface area contributed by atoms with Gasteiger partial charge in [-0.2, -0.15) is 0 Å². The molecule has 0 spiro atoms. The average molecular weight is 312 g/mol. The van der Waals surface area contributed by atoms with Gasteiger partial charge in [0.15, 0.2) is 11.6 Å². The maximum absolute atomic E-state index is 14.2. The Hall–Kier alpha value is -1.13. The Morgan fingerprint density at radius 1 is 1.57 bits per heavy atom. The zero-order chi connectivity index (χ0) is 16.4. The number of carboxylic acids is 1. The van der Waals surface area contributed by atoms with E-state index in [1.54, 1.807) is 13.8 Å². The van der Waals surface area contributed by atoms with Gasteiger partial charge in [-0.15, -0.1) is 10.2 Å². The molecule has 1 rings (SSSR count). The van der Waals surface area contributed by atoms with E-state index in [1.807, 2.05) is 5.79 Å². The second kappa shape index (κ2) is 6.76. The number of benzene rings is 1. The van der Waals surface area contributed by atoms with Crippen molar-refractivity contribution in [1.29, 1.82) is 0 Å². The molecule has 5 nitrogen and oxygen atoms in total. The molecule has 1 atom stereocenters. The van der Waals surface area contributed by atoms with Crippen LogP contribution in [0.5, 0.6) is 5.75 Å². The summed E-state index contributed by atoms with van der Waals surface area (Å²) >= 11 is -0.290. The van der Waals surface area contributed by atoms with E-state index in [9.17, 15) is 14.3 Å². The zero-order valence-electron chi connectivity index (χ0n) is 12.6. The van der Waals surface area contributed by atoms with Crippen LogP contribution in [0.25, 0.3) is 0 Å². The summed E-state index contributed by atoms with van der Waals surface area (Å²) in [7, 11) is 1.33. The van der Waals surface area contributed by atoms with E-state index < -0.39 is 23.4 Å². The lowest BCUT2D eigenvalue weighted by Gasteiger charge is -2.26. The summed E-state index contributed by atoms with van der Waals surface area (Å²) in [5.41, 5.74) is 5.23. The van der Waals surface area contributed by atoms with Crippen LogP contribution in [0.4, 0.5) is 4.39 Å². The van der Waals surface area contributed by atoms with Crippen LogP contribution in [0.1, 0.15) is 25.0 Å². The number of rotatable bonds is 6. The molecule has 0 amide bonds. The maximum atomic E-state index is 14.2. The summed E-state index contributed by atoms with van der Waals surface area (Å²) in [4.78, 5) is 11.0. The first-order chi connectivity index (χ1) is 9.63. The van der Waals surface area contributed by atoms with E-state index in [0.29, 0.717) is 11.1 Å². The number of carboxylic acid groups (broad SMARTS) is 1. The molecule has 0 saturated carbocycles. The first kappa shape index (κ1) is 17.9. The topological polar surface area (TPSA) is 92.8 Å². The predicted molar refractivity (Wildman–Crippen MR) is 78.8 cm³/mol. The fraction of sp³-hybridized carbons (Fsp3) is 0.500. The number of aliphatic hydroxyl groups is 1. The van der Waals surface area contributed by atoms with Gasteiger partial charge in [-0.25, -0.2) is 4.39 Å². The molecule has 0 aliphatic rings. The predicted octanol–water partition coefficient (Wildman–Crippen LogP) is 0.394. The highest BCUT2D eigenvalue weighted by Crippen LogP contribution is 2.28. The Morgan fingerprint density at radius 3 is 2.52 bits per heavy atom. The number of methoxy groups -OCH3 is 1. The van der Waals surface area contributed by atoms with Gasteiger partial charge in [0.05, 0.1) is 12.7 Å². The number of halogens is 1. The van der Waals surface area contributed by atoms with Crippen molar-refractivity contribution >= 4 is 25.6 Å². The zero-order valence-corrected chi connectivity index (χ0v) is 13.8. The summed E-state index contributed by atoms with van der Waals surface area (Å²) in [5.74, 6) is 0.142. The van der Waals surface area contributed by atoms with Gasteiger partial charge in [-0.3, -0.25) is 4.79 Å². The normalized spacial score (nSPS) is 12.9. The largest absolute Gasteiger partial charge is 0.493 e. The first-order valence-electron chi connectivity index (χ1n) is 6.53. The molecule has 0 aliphatic carbocycles. The summed E-state index contributed by atoms with van der Waals surface area (Å²) < 4.78 is 20.0. The van der Waals surface area contributed by atoms with Gasteiger partial charge in [0.1, 0.15) is 6.04 Å². The van der Waals surface area contributed by atoms with Crippen molar-refractivity contribution in [2.45, 2.75) is 37.7 Å². The standard InChI is InChI=1S/C13H17FNO4.CH3.Al/c1-13(2,18)8-4-7(5-10(15)12(16)17)11(19-3)9(14)6-8;;/h6,10,18H,5,15H2,1-3H3,(H,16,17);1H3;. The second-order valence-corrected chi connectivity index (χ2v) is 6.48. The van der Waals surface area contributed by atoms with Crippen LogP contribution in [-0.4, -0.2) is 44.6 Å². The van der Waals surface area contributed by atoms with Crippen LogP contribution in [0.15, 0.2) is 6.07 Å². The van der Waals surface area contributed by atoms with Crippen molar-refractivity contribution in [3.8, 4) is 5.75 Å². The number of hydrogen-bond acceptors (Lipinski definition) is 4. The van der Waals surface area contributed by atoms with E-state index in [2.05, 4.69) is 0 Å². The molecule has 1 unspecified atom stereocenters. The number of aliphatic carboxylic acids is 1. The summed E-state index contributed by atoms with van der Waals surface area (Å²) in [6.45, 7) is 3.13. The van der Waals surface area contributed by atoms with Gasteiger partial charge in [-0.1, -0.05) is 0 Å². The lowest BCUT2D eigenvalue weighted by Crippen LogP contribution is -2.38. The summed E-state index contributed by atoms with van der Waals surface area (Å²) in [6, 6.07) is 0.0977. The van der Waals surface area contributed by atoms with E-state index in [-0.39, 0.29) is 27.4 Å². The van der Waals surface area contributed by atoms with Crippen molar-refractivity contribution in [3.63, 3.8) is 0 Å². The van der Waals surface area contributed by atoms with Crippen molar-refractivity contribution in [2.24, 2.45) is 5.73 Å². The maximum Gasteiger partial charge on any atom is 0.320 e. The van der Waals surface area contributed by atoms with Gasteiger partial charge >= 0.3 is 5.97 Å². The molecule has 0 saturated heterocycles. The number of carbonyl (C=O) groups is 1.